The molecule has 0 aromatic heterocycles. The summed E-state index contributed by atoms with van der Waals surface area (Å²) >= 11 is 0. The van der Waals surface area contributed by atoms with Crippen LogP contribution in [0, 0.1) is 5.41 Å². The van der Waals surface area contributed by atoms with Crippen LogP contribution >= 0.6 is 0 Å². The second kappa shape index (κ2) is 2.71. The Hall–Kier alpha value is -0.570. The molecule has 2 fully saturated rings. The molecule has 0 spiro atoms. The van der Waals surface area contributed by atoms with E-state index < -0.39 is 0 Å². The Labute approximate surface area is 79.3 Å². The number of hydrogen-bond donors (Lipinski definition) is 1. The van der Waals surface area contributed by atoms with E-state index in [9.17, 15) is 4.79 Å². The van der Waals surface area contributed by atoms with Crippen LogP contribution in [0.15, 0.2) is 0 Å². The average molecular weight is 182 g/mol. The fraction of sp³-hybridized carbons (Fsp3) is 0.900. The number of rotatable bonds is 1. The molecule has 1 heterocycles. The maximum atomic E-state index is 11.4. The lowest BCUT2D eigenvalue weighted by Crippen LogP contribution is -2.63. The van der Waals surface area contributed by atoms with Gasteiger partial charge in [0.25, 0.3) is 0 Å². The number of hydrogen-bond acceptors (Lipinski definition) is 2. The summed E-state index contributed by atoms with van der Waals surface area (Å²) in [5, 5.41) is 0. The zero-order valence-electron chi connectivity index (χ0n) is 8.42. The van der Waals surface area contributed by atoms with E-state index in [2.05, 4.69) is 13.8 Å². The Balaban J connectivity index is 1.94. The summed E-state index contributed by atoms with van der Waals surface area (Å²) in [7, 11) is 0. The summed E-state index contributed by atoms with van der Waals surface area (Å²) in [4.78, 5) is 13.3. The SMILES string of the molecule is CC1(C)CCC(N2CC(N)C2=O)C1. The molecule has 2 N–H and O–H groups in total. The summed E-state index contributed by atoms with van der Waals surface area (Å²) in [5.41, 5.74) is 5.98. The summed E-state index contributed by atoms with van der Waals surface area (Å²) in [6, 6.07) is 0.269. The van der Waals surface area contributed by atoms with E-state index in [4.69, 9.17) is 5.73 Å². The third-order valence-electron chi connectivity index (χ3n) is 3.38. The van der Waals surface area contributed by atoms with Crippen molar-refractivity contribution in [1.82, 2.24) is 4.90 Å². The van der Waals surface area contributed by atoms with Crippen LogP contribution in [-0.2, 0) is 4.79 Å². The molecule has 0 aromatic carbocycles. The highest BCUT2D eigenvalue weighted by molar-refractivity contribution is 5.88. The van der Waals surface area contributed by atoms with E-state index in [1.165, 1.54) is 6.42 Å². The van der Waals surface area contributed by atoms with Crippen LogP contribution in [0.5, 0.6) is 0 Å². The van der Waals surface area contributed by atoms with E-state index in [1.54, 1.807) is 0 Å². The molecular formula is C10H18N2O. The minimum absolute atomic E-state index is 0.155. The molecule has 1 aliphatic heterocycles. The quantitative estimate of drug-likeness (QED) is 0.608. The highest BCUT2D eigenvalue weighted by atomic mass is 16.2. The van der Waals surface area contributed by atoms with Crippen molar-refractivity contribution in [2.24, 2.45) is 11.1 Å². The van der Waals surface area contributed by atoms with Crippen molar-refractivity contribution in [2.75, 3.05) is 6.54 Å². The van der Waals surface area contributed by atoms with Gasteiger partial charge in [-0.15, -0.1) is 0 Å². The first kappa shape index (κ1) is 9.00. The monoisotopic (exact) mass is 182 g/mol. The fourth-order valence-corrected chi connectivity index (χ4v) is 2.47. The van der Waals surface area contributed by atoms with Crippen molar-refractivity contribution in [3.05, 3.63) is 0 Å². The molecule has 1 aliphatic carbocycles. The van der Waals surface area contributed by atoms with Gasteiger partial charge in [0.2, 0.25) is 5.91 Å². The number of nitrogens with zero attached hydrogens (tertiary/aromatic N) is 1. The number of carbonyl (C=O) groups is 1. The second-order valence-corrected chi connectivity index (χ2v) is 5.16. The standard InChI is InChI=1S/C10H18N2O/c1-10(2)4-3-7(5-10)12-6-8(11)9(12)13/h7-8H,3-6,11H2,1-2H3. The minimum Gasteiger partial charge on any atom is -0.336 e. The van der Waals surface area contributed by atoms with Gasteiger partial charge in [0.15, 0.2) is 0 Å². The van der Waals surface area contributed by atoms with Crippen molar-refractivity contribution >= 4 is 5.91 Å². The molecule has 74 valence electrons. The number of β-lactam (4-membered cyclic amide) rings is 1. The Morgan fingerprint density at radius 2 is 2.23 bits per heavy atom. The Kier molecular flexibility index (Phi) is 1.88. The number of carbonyl (C=O) groups excluding carboxylic acids is 1. The maximum Gasteiger partial charge on any atom is 0.241 e. The van der Waals surface area contributed by atoms with Crippen LogP contribution in [0.2, 0.25) is 0 Å². The Morgan fingerprint density at radius 1 is 1.54 bits per heavy atom. The van der Waals surface area contributed by atoms with Gasteiger partial charge in [0.05, 0.1) is 0 Å². The third kappa shape index (κ3) is 1.46. The topological polar surface area (TPSA) is 46.3 Å². The first-order chi connectivity index (χ1) is 5.99. The molecule has 3 nitrogen and oxygen atoms in total. The van der Waals surface area contributed by atoms with Crippen LogP contribution in [-0.4, -0.2) is 29.4 Å². The molecule has 0 aromatic rings. The van der Waals surface area contributed by atoms with Crippen molar-refractivity contribution in [2.45, 2.75) is 45.2 Å². The van der Waals surface area contributed by atoms with Crippen molar-refractivity contribution in [1.29, 1.82) is 0 Å². The molecule has 3 heteroatoms. The van der Waals surface area contributed by atoms with Crippen LogP contribution in [0.3, 0.4) is 0 Å². The minimum atomic E-state index is -0.205. The molecule has 2 rings (SSSR count). The van der Waals surface area contributed by atoms with Gasteiger partial charge >= 0.3 is 0 Å². The van der Waals surface area contributed by atoms with Gasteiger partial charge in [-0.05, 0) is 24.7 Å². The van der Waals surface area contributed by atoms with Crippen molar-refractivity contribution < 1.29 is 4.79 Å². The van der Waals surface area contributed by atoms with Gasteiger partial charge in [-0.3, -0.25) is 4.79 Å². The smallest absolute Gasteiger partial charge is 0.241 e. The third-order valence-corrected chi connectivity index (χ3v) is 3.38. The number of likely N-dealkylation sites (tertiary alicyclic amines) is 1. The average Bonchev–Trinajstić information content (AvgIpc) is 2.40. The van der Waals surface area contributed by atoms with Crippen LogP contribution < -0.4 is 5.73 Å². The summed E-state index contributed by atoms with van der Waals surface area (Å²) in [6.45, 7) is 5.33. The van der Waals surface area contributed by atoms with Crippen LogP contribution in [0.25, 0.3) is 0 Å². The molecule has 2 atom stereocenters. The van der Waals surface area contributed by atoms with Crippen molar-refractivity contribution in [3.63, 3.8) is 0 Å². The van der Waals surface area contributed by atoms with Crippen LogP contribution in [0.1, 0.15) is 33.1 Å². The first-order valence-electron chi connectivity index (χ1n) is 5.06. The number of nitrogens with two attached hydrogens (primary N) is 1. The fourth-order valence-electron chi connectivity index (χ4n) is 2.47. The maximum absolute atomic E-state index is 11.4. The van der Waals surface area contributed by atoms with Crippen LogP contribution in [0.4, 0.5) is 0 Å². The molecule has 2 unspecified atom stereocenters. The van der Waals surface area contributed by atoms with Gasteiger partial charge in [-0.25, -0.2) is 0 Å². The first-order valence-corrected chi connectivity index (χ1v) is 5.06. The molecule has 1 amide bonds. The highest BCUT2D eigenvalue weighted by Gasteiger charge is 2.43. The lowest BCUT2D eigenvalue weighted by molar-refractivity contribution is -0.145. The Bertz CT molecular complexity index is 237. The van der Waals surface area contributed by atoms with Gasteiger partial charge in [0.1, 0.15) is 6.04 Å². The van der Waals surface area contributed by atoms with Gasteiger partial charge < -0.3 is 10.6 Å². The van der Waals surface area contributed by atoms with Gasteiger partial charge in [0, 0.05) is 12.6 Å². The lowest BCUT2D eigenvalue weighted by atomic mass is 9.91. The van der Waals surface area contributed by atoms with E-state index in [0.717, 1.165) is 19.4 Å². The zero-order chi connectivity index (χ0) is 9.64. The van der Waals surface area contributed by atoms with E-state index >= 15 is 0 Å². The van der Waals surface area contributed by atoms with E-state index in [-0.39, 0.29) is 11.9 Å². The van der Waals surface area contributed by atoms with Gasteiger partial charge in [-0.1, -0.05) is 13.8 Å². The molecule has 0 radical (unpaired) electrons. The predicted molar refractivity (Wildman–Crippen MR) is 51.1 cm³/mol. The summed E-state index contributed by atoms with van der Waals surface area (Å²) < 4.78 is 0. The molecule has 0 bridgehead atoms. The highest BCUT2D eigenvalue weighted by Crippen LogP contribution is 2.40. The van der Waals surface area contributed by atoms with Gasteiger partial charge in [-0.2, -0.15) is 0 Å². The second-order valence-electron chi connectivity index (χ2n) is 5.16. The summed E-state index contributed by atoms with van der Waals surface area (Å²) in [5.74, 6) is 0.155. The largest absolute Gasteiger partial charge is 0.336 e. The molecule has 1 saturated carbocycles. The molecule has 13 heavy (non-hydrogen) atoms. The predicted octanol–water partition coefficient (Wildman–Crippen LogP) is 0.735. The van der Waals surface area contributed by atoms with E-state index in [0.29, 0.717) is 11.5 Å². The zero-order valence-corrected chi connectivity index (χ0v) is 8.42. The number of amides is 1. The molecule has 1 saturated heterocycles. The Morgan fingerprint density at radius 3 is 2.62 bits per heavy atom. The lowest BCUT2D eigenvalue weighted by Gasteiger charge is -2.41. The summed E-state index contributed by atoms with van der Waals surface area (Å²) in [6.07, 6.45) is 3.54. The normalized spacial score (nSPS) is 37.8. The molecule has 2 aliphatic rings. The molecular weight excluding hydrogens is 164 g/mol. The van der Waals surface area contributed by atoms with E-state index in [1.807, 2.05) is 4.90 Å². The van der Waals surface area contributed by atoms with Crippen molar-refractivity contribution in [3.8, 4) is 0 Å².